The first-order valence-electron chi connectivity index (χ1n) is 3.49. The SMILES string of the molecule is N/N=C(/C=N/O)c1ccc(Br)cc1. The molecule has 68 valence electrons. The standard InChI is InChI=1S/C8H8BrN3O/c9-7-3-1-6(2-4-7)8(12-10)5-11-13/h1-5,13H,10H2/b11-5+,12-8-. The Bertz CT molecular complexity index is 332. The largest absolute Gasteiger partial charge is 0.411 e. The third kappa shape index (κ3) is 2.55. The highest BCUT2D eigenvalue weighted by molar-refractivity contribution is 9.10. The Morgan fingerprint density at radius 3 is 2.46 bits per heavy atom. The Balaban J connectivity index is 3.00. The van der Waals surface area contributed by atoms with Crippen LogP contribution in [0, 0.1) is 0 Å². The van der Waals surface area contributed by atoms with Crippen molar-refractivity contribution in [3.05, 3.63) is 34.3 Å². The first-order valence-corrected chi connectivity index (χ1v) is 4.28. The van der Waals surface area contributed by atoms with Crippen LogP contribution < -0.4 is 5.84 Å². The van der Waals surface area contributed by atoms with Crippen LogP contribution >= 0.6 is 15.9 Å². The molecule has 0 aromatic heterocycles. The summed E-state index contributed by atoms with van der Waals surface area (Å²) in [6.07, 6.45) is 1.18. The van der Waals surface area contributed by atoms with Crippen molar-refractivity contribution in [3.8, 4) is 0 Å². The van der Waals surface area contributed by atoms with Crippen LogP contribution in [0.2, 0.25) is 0 Å². The van der Waals surface area contributed by atoms with Crippen molar-refractivity contribution in [3.63, 3.8) is 0 Å². The molecule has 0 heterocycles. The third-order valence-corrected chi connectivity index (χ3v) is 1.99. The molecule has 0 unspecified atom stereocenters. The smallest absolute Gasteiger partial charge is 0.111 e. The van der Waals surface area contributed by atoms with Crippen molar-refractivity contribution in [2.24, 2.45) is 16.1 Å². The quantitative estimate of drug-likeness (QED) is 0.357. The van der Waals surface area contributed by atoms with E-state index in [1.165, 1.54) is 6.21 Å². The molecule has 0 radical (unpaired) electrons. The van der Waals surface area contributed by atoms with Crippen LogP contribution in [0.25, 0.3) is 0 Å². The van der Waals surface area contributed by atoms with Gasteiger partial charge in [0.15, 0.2) is 0 Å². The summed E-state index contributed by atoms with van der Waals surface area (Å²) in [4.78, 5) is 0. The van der Waals surface area contributed by atoms with Crippen LogP contribution in [0.3, 0.4) is 0 Å². The zero-order valence-electron chi connectivity index (χ0n) is 6.68. The monoisotopic (exact) mass is 241 g/mol. The van der Waals surface area contributed by atoms with Crippen molar-refractivity contribution < 1.29 is 5.21 Å². The van der Waals surface area contributed by atoms with E-state index in [1.807, 2.05) is 24.3 Å². The molecule has 0 aliphatic carbocycles. The van der Waals surface area contributed by atoms with Crippen LogP contribution in [0.15, 0.2) is 39.0 Å². The molecule has 0 atom stereocenters. The van der Waals surface area contributed by atoms with Gasteiger partial charge in [-0.1, -0.05) is 33.2 Å². The molecule has 0 spiro atoms. The fourth-order valence-corrected chi connectivity index (χ4v) is 1.12. The normalized spacial score (nSPS) is 12.2. The summed E-state index contributed by atoms with van der Waals surface area (Å²) < 4.78 is 0.966. The average molecular weight is 242 g/mol. The van der Waals surface area contributed by atoms with Gasteiger partial charge in [-0.25, -0.2) is 0 Å². The maximum Gasteiger partial charge on any atom is 0.111 e. The molecule has 0 saturated heterocycles. The minimum absolute atomic E-state index is 0.426. The molecule has 0 aliphatic heterocycles. The highest BCUT2D eigenvalue weighted by Gasteiger charge is 1.99. The van der Waals surface area contributed by atoms with Crippen molar-refractivity contribution in [2.45, 2.75) is 0 Å². The Morgan fingerprint density at radius 2 is 2.00 bits per heavy atom. The molecule has 0 amide bonds. The van der Waals surface area contributed by atoms with Gasteiger partial charge in [0, 0.05) is 10.0 Å². The first-order chi connectivity index (χ1) is 6.27. The number of benzene rings is 1. The van der Waals surface area contributed by atoms with Gasteiger partial charge in [0.05, 0.1) is 6.21 Å². The van der Waals surface area contributed by atoms with Crippen molar-refractivity contribution in [1.29, 1.82) is 0 Å². The van der Waals surface area contributed by atoms with E-state index in [0.717, 1.165) is 10.0 Å². The summed E-state index contributed by atoms with van der Waals surface area (Å²) in [5.41, 5.74) is 1.22. The topological polar surface area (TPSA) is 71.0 Å². The molecular weight excluding hydrogens is 234 g/mol. The Hall–Kier alpha value is -1.36. The minimum Gasteiger partial charge on any atom is -0.411 e. The summed E-state index contributed by atoms with van der Waals surface area (Å²) in [5.74, 6) is 5.10. The van der Waals surface area contributed by atoms with E-state index in [9.17, 15) is 0 Å². The Morgan fingerprint density at radius 1 is 1.38 bits per heavy atom. The predicted octanol–water partition coefficient (Wildman–Crippen LogP) is 1.57. The fourth-order valence-electron chi connectivity index (χ4n) is 0.858. The van der Waals surface area contributed by atoms with Gasteiger partial charge in [0.25, 0.3) is 0 Å². The van der Waals surface area contributed by atoms with E-state index >= 15 is 0 Å². The van der Waals surface area contributed by atoms with Gasteiger partial charge >= 0.3 is 0 Å². The number of hydrogen-bond donors (Lipinski definition) is 2. The zero-order chi connectivity index (χ0) is 9.68. The second-order valence-electron chi connectivity index (χ2n) is 2.27. The van der Waals surface area contributed by atoms with E-state index < -0.39 is 0 Å². The van der Waals surface area contributed by atoms with Gasteiger partial charge in [0.2, 0.25) is 0 Å². The van der Waals surface area contributed by atoms with E-state index in [-0.39, 0.29) is 0 Å². The molecular formula is C8H8BrN3O. The molecule has 1 rings (SSSR count). The van der Waals surface area contributed by atoms with Crippen molar-refractivity contribution in [1.82, 2.24) is 0 Å². The van der Waals surface area contributed by atoms with E-state index in [2.05, 4.69) is 26.2 Å². The van der Waals surface area contributed by atoms with Crippen molar-refractivity contribution in [2.75, 3.05) is 0 Å². The summed E-state index contributed by atoms with van der Waals surface area (Å²) in [5, 5.41) is 14.6. The molecule has 0 aliphatic rings. The van der Waals surface area contributed by atoms with Crippen LogP contribution in [-0.2, 0) is 0 Å². The van der Waals surface area contributed by atoms with Crippen LogP contribution in [-0.4, -0.2) is 17.1 Å². The third-order valence-electron chi connectivity index (χ3n) is 1.46. The van der Waals surface area contributed by atoms with Gasteiger partial charge in [-0.15, -0.1) is 0 Å². The molecule has 0 saturated carbocycles. The number of oxime groups is 1. The molecule has 5 heteroatoms. The van der Waals surface area contributed by atoms with Gasteiger partial charge in [-0.3, -0.25) is 0 Å². The lowest BCUT2D eigenvalue weighted by Gasteiger charge is -1.98. The number of nitrogens with two attached hydrogens (primary N) is 1. The van der Waals surface area contributed by atoms with Crippen molar-refractivity contribution >= 4 is 27.9 Å². The van der Waals surface area contributed by atoms with Crippen LogP contribution in [0.4, 0.5) is 0 Å². The molecule has 1 aromatic rings. The molecule has 1 aromatic carbocycles. The summed E-state index contributed by atoms with van der Waals surface area (Å²) in [7, 11) is 0. The lowest BCUT2D eigenvalue weighted by Crippen LogP contribution is -2.05. The molecule has 13 heavy (non-hydrogen) atoms. The van der Waals surface area contributed by atoms with Crippen LogP contribution in [0.5, 0.6) is 0 Å². The van der Waals surface area contributed by atoms with E-state index in [1.54, 1.807) is 0 Å². The van der Waals surface area contributed by atoms with Gasteiger partial charge < -0.3 is 11.0 Å². The highest BCUT2D eigenvalue weighted by atomic mass is 79.9. The summed E-state index contributed by atoms with van der Waals surface area (Å²) in [6, 6.07) is 7.34. The predicted molar refractivity (Wildman–Crippen MR) is 55.1 cm³/mol. The van der Waals surface area contributed by atoms with Crippen LogP contribution in [0.1, 0.15) is 5.56 Å². The Kier molecular flexibility index (Phi) is 3.45. The number of halogens is 1. The second kappa shape index (κ2) is 4.61. The Labute approximate surface area is 83.9 Å². The molecule has 4 nitrogen and oxygen atoms in total. The van der Waals surface area contributed by atoms with Gasteiger partial charge in [-0.2, -0.15) is 5.10 Å². The maximum absolute atomic E-state index is 8.31. The minimum atomic E-state index is 0.426. The van der Waals surface area contributed by atoms with Gasteiger partial charge in [-0.05, 0) is 12.1 Å². The lowest BCUT2D eigenvalue weighted by molar-refractivity contribution is 0.322. The summed E-state index contributed by atoms with van der Waals surface area (Å²) in [6.45, 7) is 0. The lowest BCUT2D eigenvalue weighted by atomic mass is 10.1. The molecule has 0 fully saturated rings. The molecule has 3 N–H and O–H groups in total. The number of rotatable bonds is 2. The second-order valence-corrected chi connectivity index (χ2v) is 3.18. The summed E-state index contributed by atoms with van der Waals surface area (Å²) >= 11 is 3.30. The number of hydrogen-bond acceptors (Lipinski definition) is 4. The first kappa shape index (κ1) is 9.73. The number of hydrazone groups is 1. The van der Waals surface area contributed by atoms with Gasteiger partial charge in [0.1, 0.15) is 5.71 Å². The highest BCUT2D eigenvalue weighted by Crippen LogP contribution is 2.10. The maximum atomic E-state index is 8.31. The zero-order valence-corrected chi connectivity index (χ0v) is 8.27. The van der Waals surface area contributed by atoms with E-state index in [0.29, 0.717) is 5.71 Å². The van der Waals surface area contributed by atoms with E-state index in [4.69, 9.17) is 11.0 Å². The molecule has 0 bridgehead atoms. The average Bonchev–Trinajstić information content (AvgIpc) is 2.16. The fraction of sp³-hybridized carbons (Fsp3) is 0. The number of nitrogens with zero attached hydrogens (tertiary/aromatic N) is 2.